The van der Waals surface area contributed by atoms with Crippen LogP contribution in [0.2, 0.25) is 0 Å². The Balaban J connectivity index is 1.87. The lowest BCUT2D eigenvalue weighted by Crippen LogP contribution is -2.25. The lowest BCUT2D eigenvalue weighted by molar-refractivity contribution is 0.312. The number of hydrogen-bond acceptors (Lipinski definition) is 2. The third-order valence-electron chi connectivity index (χ3n) is 3.89. The molecule has 1 heterocycles. The largest absolute Gasteiger partial charge is 0.324 e. The summed E-state index contributed by atoms with van der Waals surface area (Å²) in [7, 11) is 0. The lowest BCUT2D eigenvalue weighted by Gasteiger charge is -2.19. The molecule has 0 saturated carbocycles. The number of benzene rings is 1. The Morgan fingerprint density at radius 1 is 1.50 bits per heavy atom. The zero-order valence-corrected chi connectivity index (χ0v) is 11.3. The average Bonchev–Trinajstić information content (AvgIpc) is 2.75. The monoisotopic (exact) mass is 250 g/mol. The fourth-order valence-corrected chi connectivity index (χ4v) is 2.56. The lowest BCUT2D eigenvalue weighted by atomic mass is 10.0. The molecule has 100 valence electrons. The second-order valence-electron chi connectivity index (χ2n) is 5.60. The Hall–Kier alpha value is -0.930. The Labute approximate surface area is 109 Å². The van der Waals surface area contributed by atoms with Gasteiger partial charge in [0, 0.05) is 12.6 Å². The van der Waals surface area contributed by atoms with Crippen LogP contribution >= 0.6 is 0 Å². The van der Waals surface area contributed by atoms with E-state index in [4.69, 9.17) is 5.73 Å². The first-order chi connectivity index (χ1) is 8.56. The van der Waals surface area contributed by atoms with Crippen molar-refractivity contribution in [1.82, 2.24) is 4.90 Å². The van der Waals surface area contributed by atoms with E-state index in [9.17, 15) is 4.39 Å². The minimum Gasteiger partial charge on any atom is -0.324 e. The number of likely N-dealkylation sites (tertiary alicyclic amines) is 1. The van der Waals surface area contributed by atoms with E-state index in [1.54, 1.807) is 13.0 Å². The minimum atomic E-state index is -0.155. The Morgan fingerprint density at radius 3 is 2.89 bits per heavy atom. The van der Waals surface area contributed by atoms with Gasteiger partial charge in [-0.25, -0.2) is 4.39 Å². The maximum atomic E-state index is 13.5. The number of rotatable bonds is 4. The normalized spacial score (nSPS) is 22.3. The average molecular weight is 250 g/mol. The Kier molecular flexibility index (Phi) is 4.36. The summed E-state index contributed by atoms with van der Waals surface area (Å²) >= 11 is 0. The summed E-state index contributed by atoms with van der Waals surface area (Å²) in [6.07, 6.45) is 2.18. The number of halogens is 1. The van der Waals surface area contributed by atoms with Crippen molar-refractivity contribution in [2.75, 3.05) is 19.6 Å². The maximum Gasteiger partial charge on any atom is 0.126 e. The van der Waals surface area contributed by atoms with Gasteiger partial charge < -0.3 is 10.6 Å². The zero-order valence-electron chi connectivity index (χ0n) is 11.3. The predicted octanol–water partition coefficient (Wildman–Crippen LogP) is 2.87. The van der Waals surface area contributed by atoms with Gasteiger partial charge in [0.05, 0.1) is 0 Å². The molecule has 2 nitrogen and oxygen atoms in total. The molecule has 1 saturated heterocycles. The van der Waals surface area contributed by atoms with Gasteiger partial charge in [-0.15, -0.1) is 0 Å². The van der Waals surface area contributed by atoms with Gasteiger partial charge in [0.2, 0.25) is 0 Å². The van der Waals surface area contributed by atoms with Crippen LogP contribution in [0.15, 0.2) is 18.2 Å². The molecule has 1 aliphatic heterocycles. The highest BCUT2D eigenvalue weighted by atomic mass is 19.1. The van der Waals surface area contributed by atoms with Gasteiger partial charge in [-0.1, -0.05) is 19.1 Å². The molecule has 18 heavy (non-hydrogen) atoms. The molecule has 1 fully saturated rings. The highest BCUT2D eigenvalue weighted by molar-refractivity contribution is 5.25. The van der Waals surface area contributed by atoms with E-state index in [0.29, 0.717) is 5.56 Å². The Bertz CT molecular complexity index is 405. The second kappa shape index (κ2) is 5.81. The smallest absolute Gasteiger partial charge is 0.126 e. The van der Waals surface area contributed by atoms with Crippen LogP contribution in [0.25, 0.3) is 0 Å². The third-order valence-corrected chi connectivity index (χ3v) is 3.89. The van der Waals surface area contributed by atoms with Crippen LogP contribution in [0.4, 0.5) is 4.39 Å². The maximum absolute atomic E-state index is 13.5. The first kappa shape index (κ1) is 13.5. The fraction of sp³-hybridized carbons (Fsp3) is 0.600. The molecule has 0 aliphatic carbocycles. The number of nitrogens with two attached hydrogens (primary N) is 1. The van der Waals surface area contributed by atoms with E-state index < -0.39 is 0 Å². The van der Waals surface area contributed by atoms with Crippen molar-refractivity contribution in [1.29, 1.82) is 0 Å². The molecule has 0 amide bonds. The van der Waals surface area contributed by atoms with Gasteiger partial charge >= 0.3 is 0 Å². The number of hydrogen-bond donors (Lipinski definition) is 1. The van der Waals surface area contributed by atoms with Crippen molar-refractivity contribution in [3.63, 3.8) is 0 Å². The molecule has 1 aromatic carbocycles. The summed E-state index contributed by atoms with van der Waals surface area (Å²) in [5.74, 6) is 0.649. The van der Waals surface area contributed by atoms with Gasteiger partial charge in [0.25, 0.3) is 0 Å². The van der Waals surface area contributed by atoms with Crippen molar-refractivity contribution >= 4 is 0 Å². The van der Waals surface area contributed by atoms with Gasteiger partial charge in [-0.2, -0.15) is 0 Å². The van der Waals surface area contributed by atoms with E-state index in [1.165, 1.54) is 19.5 Å². The van der Waals surface area contributed by atoms with E-state index in [1.807, 2.05) is 12.1 Å². The first-order valence-corrected chi connectivity index (χ1v) is 6.80. The van der Waals surface area contributed by atoms with E-state index in [-0.39, 0.29) is 11.9 Å². The van der Waals surface area contributed by atoms with Crippen LogP contribution in [0.5, 0.6) is 0 Å². The quantitative estimate of drug-likeness (QED) is 0.890. The first-order valence-electron chi connectivity index (χ1n) is 6.80. The Morgan fingerprint density at radius 2 is 2.28 bits per heavy atom. The summed E-state index contributed by atoms with van der Waals surface area (Å²) in [6, 6.07) is 5.26. The highest BCUT2D eigenvalue weighted by Crippen LogP contribution is 2.20. The van der Waals surface area contributed by atoms with Gasteiger partial charge in [0.1, 0.15) is 5.82 Å². The number of nitrogens with zero attached hydrogens (tertiary/aromatic N) is 1. The molecule has 0 aromatic heterocycles. The topological polar surface area (TPSA) is 29.3 Å². The summed E-state index contributed by atoms with van der Waals surface area (Å²) in [6.45, 7) is 7.43. The van der Waals surface area contributed by atoms with Crippen molar-refractivity contribution in [2.24, 2.45) is 11.7 Å². The van der Waals surface area contributed by atoms with Gasteiger partial charge in [-0.05, 0) is 56.0 Å². The van der Waals surface area contributed by atoms with E-state index in [0.717, 1.165) is 24.4 Å². The molecule has 0 bridgehead atoms. The van der Waals surface area contributed by atoms with Gasteiger partial charge in [0.15, 0.2) is 0 Å². The highest BCUT2D eigenvalue weighted by Gasteiger charge is 2.19. The van der Waals surface area contributed by atoms with Crippen LogP contribution in [-0.4, -0.2) is 24.5 Å². The molecule has 2 N–H and O–H groups in total. The van der Waals surface area contributed by atoms with Crippen molar-refractivity contribution in [3.05, 3.63) is 35.1 Å². The summed E-state index contributed by atoms with van der Waals surface area (Å²) in [5.41, 5.74) is 7.72. The van der Waals surface area contributed by atoms with Crippen molar-refractivity contribution in [3.8, 4) is 0 Å². The van der Waals surface area contributed by atoms with Crippen LogP contribution in [0.1, 0.15) is 36.9 Å². The van der Waals surface area contributed by atoms with Crippen LogP contribution in [0.3, 0.4) is 0 Å². The minimum absolute atomic E-state index is 0.0593. The standard InChI is InChI=1S/C15H23FN2/c1-11-5-7-18(10-11)8-6-15(17)13-4-3-12(2)14(16)9-13/h3-4,9,11,15H,5-8,10,17H2,1-2H3. The molecular weight excluding hydrogens is 227 g/mol. The number of aryl methyl sites for hydroxylation is 1. The summed E-state index contributed by atoms with van der Waals surface area (Å²) in [4.78, 5) is 2.45. The van der Waals surface area contributed by atoms with Gasteiger partial charge in [-0.3, -0.25) is 0 Å². The van der Waals surface area contributed by atoms with Crippen LogP contribution in [-0.2, 0) is 0 Å². The van der Waals surface area contributed by atoms with Crippen LogP contribution < -0.4 is 5.73 Å². The second-order valence-corrected chi connectivity index (χ2v) is 5.60. The van der Waals surface area contributed by atoms with Crippen molar-refractivity contribution in [2.45, 2.75) is 32.7 Å². The van der Waals surface area contributed by atoms with Crippen molar-refractivity contribution < 1.29 is 4.39 Å². The molecule has 1 aliphatic rings. The molecule has 2 atom stereocenters. The third kappa shape index (κ3) is 3.30. The van der Waals surface area contributed by atoms with E-state index in [2.05, 4.69) is 11.8 Å². The predicted molar refractivity (Wildman–Crippen MR) is 72.9 cm³/mol. The molecule has 2 unspecified atom stereocenters. The zero-order chi connectivity index (χ0) is 13.1. The SMILES string of the molecule is Cc1ccc(C(N)CCN2CCC(C)C2)cc1F. The van der Waals surface area contributed by atoms with E-state index >= 15 is 0 Å². The summed E-state index contributed by atoms with van der Waals surface area (Å²) < 4.78 is 13.5. The molecular formula is C15H23FN2. The summed E-state index contributed by atoms with van der Waals surface area (Å²) in [5, 5.41) is 0. The fourth-order valence-electron chi connectivity index (χ4n) is 2.56. The van der Waals surface area contributed by atoms with Crippen LogP contribution in [0, 0.1) is 18.7 Å². The molecule has 1 aromatic rings. The molecule has 0 spiro atoms. The molecule has 0 radical (unpaired) electrons. The molecule has 2 rings (SSSR count). The molecule has 3 heteroatoms.